The number of aromatic nitrogens is 1. The van der Waals surface area contributed by atoms with Gasteiger partial charge < -0.3 is 14.3 Å². The van der Waals surface area contributed by atoms with E-state index >= 15 is 0 Å². The molecule has 1 saturated carbocycles. The minimum atomic E-state index is -0.766. The largest absolute Gasteiger partial charge is 0.481 e. The van der Waals surface area contributed by atoms with Crippen LogP contribution in [-0.2, 0) is 14.9 Å². The minimum absolute atomic E-state index is 0.476. The van der Waals surface area contributed by atoms with Gasteiger partial charge in [0.05, 0.1) is 17.3 Å². The van der Waals surface area contributed by atoms with Gasteiger partial charge in [-0.1, -0.05) is 78.3 Å². The molecule has 0 aliphatic heterocycles. The number of benzene rings is 3. The van der Waals surface area contributed by atoms with Crippen LogP contribution in [0, 0.1) is 0 Å². The molecule has 3 aromatic carbocycles. The average Bonchev–Trinajstić information content (AvgIpc) is 3.71. The zero-order valence-electron chi connectivity index (χ0n) is 21.6. The monoisotopic (exact) mass is 552 g/mol. The van der Waals surface area contributed by atoms with E-state index in [0.29, 0.717) is 45.8 Å². The van der Waals surface area contributed by atoms with E-state index in [-0.39, 0.29) is 0 Å². The Morgan fingerprint density at radius 2 is 1.62 bits per heavy atom. The van der Waals surface area contributed by atoms with Crippen LogP contribution in [0.4, 0.5) is 10.5 Å². The van der Waals surface area contributed by atoms with Crippen molar-refractivity contribution in [1.82, 2.24) is 4.98 Å². The van der Waals surface area contributed by atoms with Crippen LogP contribution >= 0.6 is 11.6 Å². The molecule has 6 rings (SSSR count). The maximum Gasteiger partial charge on any atom is 0.412 e. The van der Waals surface area contributed by atoms with Gasteiger partial charge in [0, 0.05) is 27.7 Å². The number of furan rings is 1. The molecule has 0 bridgehead atoms. The van der Waals surface area contributed by atoms with Crippen molar-refractivity contribution in [2.75, 3.05) is 5.32 Å². The molecule has 1 amide bonds. The molecule has 1 aliphatic rings. The predicted octanol–water partition coefficient (Wildman–Crippen LogP) is 8.24. The summed E-state index contributed by atoms with van der Waals surface area (Å²) in [5, 5.41) is 13.6. The molecule has 0 spiro atoms. The average molecular weight is 553 g/mol. The van der Waals surface area contributed by atoms with Crippen molar-refractivity contribution in [2.24, 2.45) is 0 Å². The van der Waals surface area contributed by atoms with Crippen LogP contribution in [0.5, 0.6) is 0 Å². The lowest BCUT2D eigenvalue weighted by atomic mass is 9.93. The molecule has 2 aromatic heterocycles. The second kappa shape index (κ2) is 10.2. The van der Waals surface area contributed by atoms with E-state index in [9.17, 15) is 14.7 Å². The van der Waals surface area contributed by atoms with Crippen molar-refractivity contribution in [1.29, 1.82) is 0 Å². The molecule has 200 valence electrons. The van der Waals surface area contributed by atoms with Gasteiger partial charge in [0.2, 0.25) is 0 Å². The topological polar surface area (TPSA) is 102 Å². The number of ether oxygens (including phenoxy) is 1. The van der Waals surface area contributed by atoms with Crippen molar-refractivity contribution < 1.29 is 23.8 Å². The first-order chi connectivity index (χ1) is 19.4. The van der Waals surface area contributed by atoms with Crippen LogP contribution in [0.15, 0.2) is 95.7 Å². The van der Waals surface area contributed by atoms with Gasteiger partial charge >= 0.3 is 12.1 Å². The van der Waals surface area contributed by atoms with Crippen molar-refractivity contribution in [2.45, 2.75) is 31.3 Å². The van der Waals surface area contributed by atoms with E-state index in [2.05, 4.69) is 10.3 Å². The van der Waals surface area contributed by atoms with Crippen molar-refractivity contribution >= 4 is 40.3 Å². The van der Waals surface area contributed by atoms with Crippen molar-refractivity contribution in [3.05, 3.63) is 107 Å². The number of halogens is 1. The number of carboxylic acids is 1. The Morgan fingerprint density at radius 3 is 2.27 bits per heavy atom. The number of fused-ring (bicyclic) bond motifs is 1. The quantitative estimate of drug-likeness (QED) is 0.211. The summed E-state index contributed by atoms with van der Waals surface area (Å²) < 4.78 is 11.7. The molecular weight excluding hydrogens is 528 g/mol. The number of amides is 1. The number of nitrogens with one attached hydrogen (secondary N) is 1. The highest BCUT2D eigenvalue weighted by molar-refractivity contribution is 6.31. The van der Waals surface area contributed by atoms with E-state index in [1.54, 1.807) is 31.5 Å². The first kappa shape index (κ1) is 25.6. The summed E-state index contributed by atoms with van der Waals surface area (Å²) in [4.78, 5) is 28.7. The Bertz CT molecular complexity index is 1720. The normalized spacial score (nSPS) is 14.4. The lowest BCUT2D eigenvalue weighted by Crippen LogP contribution is -2.19. The Hall–Kier alpha value is -4.62. The molecule has 2 N–H and O–H groups in total. The van der Waals surface area contributed by atoms with E-state index in [1.807, 2.05) is 66.7 Å². The zero-order chi connectivity index (χ0) is 27.9. The molecule has 1 unspecified atom stereocenters. The second-order valence-corrected chi connectivity index (χ2v) is 10.3. The number of carbonyl (C=O) groups excluding carboxylic acids is 1. The third-order valence-corrected chi connectivity index (χ3v) is 7.77. The number of hydrogen-bond acceptors (Lipinski definition) is 5. The Kier molecular flexibility index (Phi) is 6.52. The molecule has 1 fully saturated rings. The molecule has 0 radical (unpaired) electrons. The molecular formula is C32H25ClN2O5. The van der Waals surface area contributed by atoms with Crippen LogP contribution in [-0.4, -0.2) is 22.2 Å². The van der Waals surface area contributed by atoms with Gasteiger partial charge in [-0.3, -0.25) is 15.1 Å². The number of carbonyl (C=O) groups is 2. The first-order valence-electron chi connectivity index (χ1n) is 12.9. The second-order valence-electron chi connectivity index (χ2n) is 9.91. The van der Waals surface area contributed by atoms with E-state index < -0.39 is 23.6 Å². The van der Waals surface area contributed by atoms with E-state index in [1.165, 1.54) is 0 Å². The Balaban J connectivity index is 1.25. The van der Waals surface area contributed by atoms with Crippen LogP contribution in [0.25, 0.3) is 33.4 Å². The predicted molar refractivity (Wildman–Crippen MR) is 153 cm³/mol. The molecule has 2 heterocycles. The summed E-state index contributed by atoms with van der Waals surface area (Å²) in [6, 6.07) is 24.4. The standard InChI is InChI=1S/C32H25ClN2O5/c1-19(24-4-2-3-5-26(24)33)39-31(38)35-28-25-14-17-34-18-27(25)40-29(28)22-8-6-20(7-9-22)21-10-12-23(13-11-21)32(15-16-32)30(36)37/h2-14,17-19H,15-16H2,1H3,(H,35,38)(H,36,37). The van der Waals surface area contributed by atoms with Gasteiger partial charge in [0.1, 0.15) is 6.10 Å². The van der Waals surface area contributed by atoms with Gasteiger partial charge in [-0.2, -0.15) is 0 Å². The smallest absolute Gasteiger partial charge is 0.412 e. The number of aliphatic carboxylic acids is 1. The fourth-order valence-electron chi connectivity index (χ4n) is 4.99. The number of hydrogen-bond donors (Lipinski definition) is 2. The molecule has 8 heteroatoms. The summed E-state index contributed by atoms with van der Waals surface area (Å²) in [5.41, 5.74) is 4.52. The zero-order valence-corrected chi connectivity index (χ0v) is 22.3. The van der Waals surface area contributed by atoms with E-state index in [4.69, 9.17) is 20.8 Å². The summed E-state index contributed by atoms with van der Waals surface area (Å²) in [6.07, 6.45) is 3.38. The van der Waals surface area contributed by atoms with Crippen LogP contribution < -0.4 is 5.32 Å². The maximum absolute atomic E-state index is 12.9. The highest BCUT2D eigenvalue weighted by atomic mass is 35.5. The van der Waals surface area contributed by atoms with Crippen LogP contribution in [0.2, 0.25) is 5.02 Å². The van der Waals surface area contributed by atoms with Crippen molar-refractivity contribution in [3.8, 4) is 22.5 Å². The first-order valence-corrected chi connectivity index (χ1v) is 13.3. The Labute approximate surface area is 235 Å². The maximum atomic E-state index is 12.9. The lowest BCUT2D eigenvalue weighted by Gasteiger charge is -2.15. The SMILES string of the molecule is CC(OC(=O)Nc1c(-c2ccc(-c3ccc(C4(C(=O)O)CC4)cc3)cc2)oc2cnccc12)c1ccccc1Cl. The van der Waals surface area contributed by atoms with Gasteiger partial charge in [-0.05, 0) is 48.6 Å². The Morgan fingerprint density at radius 1 is 0.975 bits per heavy atom. The molecule has 7 nitrogen and oxygen atoms in total. The summed E-state index contributed by atoms with van der Waals surface area (Å²) in [6.45, 7) is 1.76. The van der Waals surface area contributed by atoms with Crippen LogP contribution in [0.1, 0.15) is 37.0 Å². The number of rotatable bonds is 7. The van der Waals surface area contributed by atoms with Crippen LogP contribution in [0.3, 0.4) is 0 Å². The van der Waals surface area contributed by atoms with Gasteiger partial charge in [0.15, 0.2) is 11.3 Å². The minimum Gasteiger partial charge on any atom is -0.481 e. The molecule has 1 aliphatic carbocycles. The third-order valence-electron chi connectivity index (χ3n) is 7.42. The molecule has 5 aromatic rings. The molecule has 40 heavy (non-hydrogen) atoms. The van der Waals surface area contributed by atoms with E-state index in [0.717, 1.165) is 22.3 Å². The summed E-state index contributed by atoms with van der Waals surface area (Å²) in [5.74, 6) is -0.290. The van der Waals surface area contributed by atoms with Gasteiger partial charge in [0.25, 0.3) is 0 Å². The number of nitrogens with zero attached hydrogens (tertiary/aromatic N) is 1. The number of carboxylic acid groups (broad SMARTS) is 1. The highest BCUT2D eigenvalue weighted by Gasteiger charge is 2.51. The lowest BCUT2D eigenvalue weighted by molar-refractivity contribution is -0.140. The van der Waals surface area contributed by atoms with Gasteiger partial charge in [-0.25, -0.2) is 4.79 Å². The highest BCUT2D eigenvalue weighted by Crippen LogP contribution is 2.48. The fraction of sp³-hybridized carbons (Fsp3) is 0.156. The third kappa shape index (κ3) is 4.69. The molecule has 1 atom stereocenters. The fourth-order valence-corrected chi connectivity index (χ4v) is 5.28. The summed E-state index contributed by atoms with van der Waals surface area (Å²) in [7, 11) is 0. The summed E-state index contributed by atoms with van der Waals surface area (Å²) >= 11 is 6.27. The molecule has 0 saturated heterocycles. The number of anilines is 1. The van der Waals surface area contributed by atoms with Gasteiger partial charge in [-0.15, -0.1) is 0 Å². The number of pyridine rings is 1. The van der Waals surface area contributed by atoms with Crippen molar-refractivity contribution in [3.63, 3.8) is 0 Å².